The lowest BCUT2D eigenvalue weighted by Gasteiger charge is -2.24. The molecule has 10 heteroatoms. The van der Waals surface area contributed by atoms with Crippen LogP contribution in [0.25, 0.3) is 11.0 Å². The van der Waals surface area contributed by atoms with Crippen molar-refractivity contribution < 1.29 is 18.7 Å². The van der Waals surface area contributed by atoms with Crippen molar-refractivity contribution in [2.45, 2.75) is 26.4 Å². The highest BCUT2D eigenvalue weighted by Crippen LogP contribution is 2.36. The minimum absolute atomic E-state index is 0.0105. The summed E-state index contributed by atoms with van der Waals surface area (Å²) in [5, 5.41) is 6.91. The number of imidazole rings is 1. The van der Waals surface area contributed by atoms with E-state index in [1.54, 1.807) is 25.1 Å². The maximum absolute atomic E-state index is 12.8. The number of aryl methyl sites for hydroxylation is 2. The van der Waals surface area contributed by atoms with Gasteiger partial charge in [-0.2, -0.15) is 5.10 Å². The first kappa shape index (κ1) is 18.0. The zero-order valence-corrected chi connectivity index (χ0v) is 15.4. The van der Waals surface area contributed by atoms with Crippen LogP contribution in [0.15, 0.2) is 18.2 Å². The maximum Gasteiger partial charge on any atom is 0.276 e. The van der Waals surface area contributed by atoms with Gasteiger partial charge in [0.05, 0.1) is 23.8 Å². The number of rotatable bonds is 5. The third-order valence-electron chi connectivity index (χ3n) is 4.61. The number of carbonyl (C=O) groups is 2. The van der Waals surface area contributed by atoms with Gasteiger partial charge in [-0.3, -0.25) is 19.6 Å². The summed E-state index contributed by atoms with van der Waals surface area (Å²) in [6.45, 7) is 3.37. The first-order valence-corrected chi connectivity index (χ1v) is 8.79. The summed E-state index contributed by atoms with van der Waals surface area (Å²) in [5.74, 6) is -0.248. The smallest absolute Gasteiger partial charge is 0.276 e. The molecule has 0 saturated carbocycles. The van der Waals surface area contributed by atoms with Crippen molar-refractivity contribution in [3.63, 3.8) is 0 Å². The number of hydrogen-bond donors (Lipinski definition) is 2. The normalized spacial score (nSPS) is 15.5. The molecule has 9 nitrogen and oxygen atoms in total. The number of alkyl halides is 1. The Morgan fingerprint density at radius 3 is 2.89 bits per heavy atom. The van der Waals surface area contributed by atoms with Gasteiger partial charge < -0.3 is 15.0 Å². The predicted octanol–water partition coefficient (Wildman–Crippen LogP) is 1.82. The summed E-state index contributed by atoms with van der Waals surface area (Å²) in [7, 11) is 0. The number of aromatic nitrogens is 4. The van der Waals surface area contributed by atoms with Crippen molar-refractivity contribution in [1.29, 1.82) is 0 Å². The monoisotopic (exact) mass is 386 g/mol. The molecule has 0 saturated heterocycles. The highest BCUT2D eigenvalue weighted by molar-refractivity contribution is 6.04. The topological polar surface area (TPSA) is 117 Å². The number of nitrogens with one attached hydrogen (secondary N) is 1. The van der Waals surface area contributed by atoms with Crippen LogP contribution in [-0.4, -0.2) is 44.4 Å². The summed E-state index contributed by atoms with van der Waals surface area (Å²) in [5.41, 5.74) is 7.68. The van der Waals surface area contributed by atoms with Crippen LogP contribution in [0.5, 0.6) is 5.75 Å². The molecular weight excluding hydrogens is 367 g/mol. The Balaban J connectivity index is 1.78. The van der Waals surface area contributed by atoms with Gasteiger partial charge in [-0.15, -0.1) is 0 Å². The van der Waals surface area contributed by atoms with Gasteiger partial charge in [0.2, 0.25) is 11.9 Å². The van der Waals surface area contributed by atoms with Crippen molar-refractivity contribution in [3.05, 3.63) is 35.2 Å². The van der Waals surface area contributed by atoms with Crippen LogP contribution in [0.1, 0.15) is 39.5 Å². The summed E-state index contributed by atoms with van der Waals surface area (Å²) >= 11 is 0. The molecule has 0 radical (unpaired) electrons. The van der Waals surface area contributed by atoms with Gasteiger partial charge in [-0.25, -0.2) is 9.37 Å². The Kier molecular flexibility index (Phi) is 4.25. The largest absolute Gasteiger partial charge is 0.489 e. The molecule has 3 heterocycles. The van der Waals surface area contributed by atoms with Crippen LogP contribution in [0, 0.1) is 6.92 Å². The Labute approximate surface area is 159 Å². The molecule has 4 rings (SSSR count). The average Bonchev–Trinajstić information content (AvgIpc) is 3.19. The van der Waals surface area contributed by atoms with E-state index in [4.69, 9.17) is 10.5 Å². The molecule has 0 unspecified atom stereocenters. The zero-order chi connectivity index (χ0) is 20.0. The Morgan fingerprint density at radius 1 is 1.39 bits per heavy atom. The molecular formula is C18H19FN6O3. The van der Waals surface area contributed by atoms with Crippen LogP contribution in [0.3, 0.4) is 0 Å². The second kappa shape index (κ2) is 6.63. The molecule has 146 valence electrons. The second-order valence-electron chi connectivity index (χ2n) is 6.71. The van der Waals surface area contributed by atoms with Crippen LogP contribution in [0.4, 0.5) is 10.3 Å². The molecule has 0 spiro atoms. The summed E-state index contributed by atoms with van der Waals surface area (Å²) in [4.78, 5) is 28.8. The van der Waals surface area contributed by atoms with Crippen LogP contribution < -0.4 is 15.8 Å². The predicted molar refractivity (Wildman–Crippen MR) is 99.3 cm³/mol. The van der Waals surface area contributed by atoms with E-state index in [0.717, 1.165) is 0 Å². The van der Waals surface area contributed by atoms with E-state index in [1.165, 1.54) is 4.68 Å². The molecule has 1 aliphatic rings. The molecule has 28 heavy (non-hydrogen) atoms. The number of carbonyl (C=O) groups excluding carboxylic acids is 2. The highest BCUT2D eigenvalue weighted by Gasteiger charge is 2.27. The fraction of sp³-hybridized carbons (Fsp3) is 0.333. The first-order valence-electron chi connectivity index (χ1n) is 8.79. The minimum Gasteiger partial charge on any atom is -0.489 e. The van der Waals surface area contributed by atoms with Crippen molar-refractivity contribution in [2.24, 2.45) is 5.73 Å². The number of nitrogens with two attached hydrogens (primary N) is 1. The van der Waals surface area contributed by atoms with E-state index >= 15 is 0 Å². The van der Waals surface area contributed by atoms with E-state index in [-0.39, 0.29) is 23.8 Å². The summed E-state index contributed by atoms with van der Waals surface area (Å²) < 4.78 is 21.7. The van der Waals surface area contributed by atoms with Gasteiger partial charge in [-0.05, 0) is 32.0 Å². The number of benzene rings is 1. The van der Waals surface area contributed by atoms with E-state index < -0.39 is 18.5 Å². The third-order valence-corrected chi connectivity index (χ3v) is 4.61. The molecule has 1 aliphatic heterocycles. The van der Waals surface area contributed by atoms with Crippen LogP contribution >= 0.6 is 0 Å². The van der Waals surface area contributed by atoms with E-state index in [0.29, 0.717) is 35.0 Å². The number of ether oxygens (including phenoxy) is 1. The Hall–Kier alpha value is -3.43. The van der Waals surface area contributed by atoms with Crippen molar-refractivity contribution >= 4 is 28.8 Å². The highest BCUT2D eigenvalue weighted by atomic mass is 19.1. The summed E-state index contributed by atoms with van der Waals surface area (Å²) in [6, 6.07) is 4.63. The number of halogens is 1. The number of amides is 2. The molecule has 2 amide bonds. The number of anilines is 1. The molecule has 1 atom stereocenters. The molecule has 2 aromatic heterocycles. The number of hydrogen-bond acceptors (Lipinski definition) is 5. The van der Waals surface area contributed by atoms with Gasteiger partial charge in [0.25, 0.3) is 5.91 Å². The van der Waals surface area contributed by atoms with Crippen molar-refractivity contribution in [1.82, 2.24) is 19.3 Å². The quantitative estimate of drug-likeness (QED) is 0.694. The minimum atomic E-state index is -0.631. The van der Waals surface area contributed by atoms with Gasteiger partial charge in [0.1, 0.15) is 30.2 Å². The lowest BCUT2D eigenvalue weighted by molar-refractivity contribution is 0.0995. The molecule has 0 aliphatic carbocycles. The Morgan fingerprint density at radius 2 is 2.18 bits per heavy atom. The van der Waals surface area contributed by atoms with Gasteiger partial charge in [0, 0.05) is 5.56 Å². The average molecular weight is 386 g/mol. The van der Waals surface area contributed by atoms with Gasteiger partial charge in [-0.1, -0.05) is 0 Å². The second-order valence-corrected chi connectivity index (χ2v) is 6.71. The summed E-state index contributed by atoms with van der Waals surface area (Å²) in [6.07, 6.45) is 0. The molecule has 0 fully saturated rings. The number of primary amides is 1. The van der Waals surface area contributed by atoms with E-state index in [9.17, 15) is 14.0 Å². The lowest BCUT2D eigenvalue weighted by atomic mass is 10.1. The fourth-order valence-corrected chi connectivity index (χ4v) is 3.39. The first-order chi connectivity index (χ1) is 13.4. The fourth-order valence-electron chi connectivity index (χ4n) is 3.39. The van der Waals surface area contributed by atoms with Crippen molar-refractivity contribution in [3.8, 4) is 5.75 Å². The molecule has 3 N–H and O–H groups in total. The maximum atomic E-state index is 12.8. The lowest BCUT2D eigenvalue weighted by Crippen LogP contribution is -2.24. The molecule has 0 bridgehead atoms. The molecule has 3 aromatic rings. The number of nitrogens with zero attached hydrogens (tertiary/aromatic N) is 4. The van der Waals surface area contributed by atoms with Crippen LogP contribution in [-0.2, 0) is 6.54 Å². The standard InChI is InChI=1S/C18H19FN6O3/c1-9-5-13(24(23-9)4-3-19)17(27)22-18-21-12-6-11(16(20)26)7-14-15(12)25(18)10(2)8-28-14/h5-7,10H,3-4,8H2,1-2H3,(H2,20,26)(H,21,22,27)/t10-/m0/s1. The van der Waals surface area contributed by atoms with Gasteiger partial charge in [0.15, 0.2) is 0 Å². The van der Waals surface area contributed by atoms with Gasteiger partial charge >= 0.3 is 0 Å². The zero-order valence-electron chi connectivity index (χ0n) is 15.4. The SMILES string of the molecule is Cc1cc(C(=O)Nc2nc3cc(C(N)=O)cc4c3n2[C@@H](C)CO4)n(CCF)n1. The molecule has 1 aromatic carbocycles. The third kappa shape index (κ3) is 2.86. The van der Waals surface area contributed by atoms with Crippen molar-refractivity contribution in [2.75, 3.05) is 18.6 Å². The Bertz CT molecular complexity index is 1100. The van der Waals surface area contributed by atoms with E-state index in [2.05, 4.69) is 15.4 Å². The van der Waals surface area contributed by atoms with E-state index in [1.807, 2.05) is 11.5 Å². The van der Waals surface area contributed by atoms with Crippen LogP contribution in [0.2, 0.25) is 0 Å².